The van der Waals surface area contributed by atoms with Crippen LogP contribution in [0.4, 0.5) is 0 Å². The molecule has 0 amide bonds. The van der Waals surface area contributed by atoms with Crippen LogP contribution >= 0.6 is 0 Å². The van der Waals surface area contributed by atoms with Gasteiger partial charge in [-0.25, -0.2) is 4.79 Å². The van der Waals surface area contributed by atoms with Crippen LogP contribution in [0, 0.1) is 5.92 Å². The highest BCUT2D eigenvalue weighted by atomic mass is 16.4. The number of hydrogen-bond acceptors (Lipinski definition) is 2. The first-order chi connectivity index (χ1) is 8.54. The summed E-state index contributed by atoms with van der Waals surface area (Å²) in [6.45, 7) is 8.21. The molecule has 0 aromatic rings. The Bertz CT molecular complexity index is 291. The Morgan fingerprint density at radius 3 is 2.44 bits per heavy atom. The van der Waals surface area contributed by atoms with Crippen molar-refractivity contribution >= 4 is 5.97 Å². The summed E-state index contributed by atoms with van der Waals surface area (Å²) in [6, 6.07) is 0.663. The van der Waals surface area contributed by atoms with E-state index >= 15 is 0 Å². The predicted octanol–water partition coefficient (Wildman–Crippen LogP) is 3.31. The van der Waals surface area contributed by atoms with E-state index in [0.29, 0.717) is 24.0 Å². The van der Waals surface area contributed by atoms with Crippen molar-refractivity contribution in [3.8, 4) is 0 Å². The van der Waals surface area contributed by atoms with Gasteiger partial charge in [0.1, 0.15) is 0 Å². The predicted molar refractivity (Wildman–Crippen MR) is 74.7 cm³/mol. The van der Waals surface area contributed by atoms with E-state index in [9.17, 15) is 4.79 Å². The first-order valence-corrected chi connectivity index (χ1v) is 7.21. The second-order valence-corrected chi connectivity index (χ2v) is 5.67. The Labute approximate surface area is 111 Å². The molecule has 1 aliphatic carbocycles. The topological polar surface area (TPSA) is 40.5 Å². The molecule has 18 heavy (non-hydrogen) atoms. The first kappa shape index (κ1) is 15.2. The SMILES string of the molecule is CCC(=CCN(CC(C)C)C1CCCC1)C(=O)O. The maximum Gasteiger partial charge on any atom is 0.331 e. The van der Waals surface area contributed by atoms with Crippen molar-refractivity contribution in [1.82, 2.24) is 4.90 Å². The monoisotopic (exact) mass is 253 g/mol. The summed E-state index contributed by atoms with van der Waals surface area (Å²) in [7, 11) is 0. The fourth-order valence-electron chi connectivity index (χ4n) is 2.72. The van der Waals surface area contributed by atoms with Crippen LogP contribution in [0.1, 0.15) is 52.9 Å². The van der Waals surface area contributed by atoms with Crippen LogP contribution in [0.25, 0.3) is 0 Å². The summed E-state index contributed by atoms with van der Waals surface area (Å²) in [5.74, 6) is -0.137. The molecule has 0 saturated heterocycles. The highest BCUT2D eigenvalue weighted by Gasteiger charge is 2.22. The summed E-state index contributed by atoms with van der Waals surface area (Å²) in [6.07, 6.45) is 7.70. The molecule has 104 valence electrons. The number of rotatable bonds is 7. The van der Waals surface area contributed by atoms with E-state index in [-0.39, 0.29) is 0 Å². The highest BCUT2D eigenvalue weighted by Crippen LogP contribution is 2.24. The molecule has 3 heteroatoms. The van der Waals surface area contributed by atoms with Gasteiger partial charge in [0.2, 0.25) is 0 Å². The zero-order valence-corrected chi connectivity index (χ0v) is 12.0. The van der Waals surface area contributed by atoms with Gasteiger partial charge < -0.3 is 5.11 Å². The maximum absolute atomic E-state index is 11.0. The lowest BCUT2D eigenvalue weighted by atomic mass is 10.1. The highest BCUT2D eigenvalue weighted by molar-refractivity contribution is 5.86. The van der Waals surface area contributed by atoms with Crippen molar-refractivity contribution in [2.75, 3.05) is 13.1 Å². The van der Waals surface area contributed by atoms with Crippen molar-refractivity contribution < 1.29 is 9.90 Å². The lowest BCUT2D eigenvalue weighted by Crippen LogP contribution is -2.36. The minimum atomic E-state index is -0.770. The second-order valence-electron chi connectivity index (χ2n) is 5.67. The van der Waals surface area contributed by atoms with Crippen molar-refractivity contribution in [3.63, 3.8) is 0 Å². The maximum atomic E-state index is 11.0. The summed E-state index contributed by atoms with van der Waals surface area (Å²) in [5.41, 5.74) is 0.543. The average molecular weight is 253 g/mol. The molecule has 0 aliphatic heterocycles. The number of aliphatic carboxylic acids is 1. The lowest BCUT2D eigenvalue weighted by molar-refractivity contribution is -0.132. The van der Waals surface area contributed by atoms with E-state index in [0.717, 1.165) is 13.1 Å². The minimum absolute atomic E-state index is 0.543. The minimum Gasteiger partial charge on any atom is -0.478 e. The van der Waals surface area contributed by atoms with Crippen LogP contribution in [0.2, 0.25) is 0 Å². The fourth-order valence-corrected chi connectivity index (χ4v) is 2.72. The smallest absolute Gasteiger partial charge is 0.331 e. The summed E-state index contributed by atoms with van der Waals surface area (Å²) < 4.78 is 0. The molecule has 1 N–H and O–H groups in total. The van der Waals surface area contributed by atoms with Gasteiger partial charge in [0.25, 0.3) is 0 Å². The summed E-state index contributed by atoms with van der Waals surface area (Å²) >= 11 is 0. The molecule has 0 unspecified atom stereocenters. The molecule has 1 aliphatic rings. The van der Waals surface area contributed by atoms with E-state index in [1.54, 1.807) is 0 Å². The van der Waals surface area contributed by atoms with Crippen molar-refractivity contribution in [2.24, 2.45) is 5.92 Å². The quantitative estimate of drug-likeness (QED) is 0.708. The third kappa shape index (κ3) is 4.81. The van der Waals surface area contributed by atoms with E-state index in [1.165, 1.54) is 25.7 Å². The Balaban J connectivity index is 2.62. The van der Waals surface area contributed by atoms with Gasteiger partial charge in [-0.1, -0.05) is 39.7 Å². The number of carboxylic acids is 1. The Kier molecular flexibility index (Phi) is 6.41. The number of nitrogens with zero attached hydrogens (tertiary/aromatic N) is 1. The van der Waals surface area contributed by atoms with E-state index in [4.69, 9.17) is 5.11 Å². The standard InChI is InChI=1S/C15H27NO2/c1-4-13(15(17)18)9-10-16(11-12(2)3)14-7-5-6-8-14/h9,12,14H,4-8,10-11H2,1-3H3,(H,17,18). The number of hydrogen-bond donors (Lipinski definition) is 1. The molecule has 0 aromatic carbocycles. The normalized spacial score (nSPS) is 17.9. The largest absolute Gasteiger partial charge is 0.478 e. The van der Waals surface area contributed by atoms with Gasteiger partial charge in [0.05, 0.1) is 0 Å². The van der Waals surface area contributed by atoms with Crippen LogP contribution in [0.3, 0.4) is 0 Å². The van der Waals surface area contributed by atoms with Gasteiger partial charge in [0.15, 0.2) is 0 Å². The van der Waals surface area contributed by atoms with Crippen LogP contribution in [-0.2, 0) is 4.79 Å². The molecule has 1 rings (SSSR count). The lowest BCUT2D eigenvalue weighted by Gasteiger charge is -2.29. The van der Waals surface area contributed by atoms with Gasteiger partial charge in [-0.15, -0.1) is 0 Å². The van der Waals surface area contributed by atoms with Crippen LogP contribution in [0.5, 0.6) is 0 Å². The van der Waals surface area contributed by atoms with Crippen molar-refractivity contribution in [3.05, 3.63) is 11.6 Å². The molecular formula is C15H27NO2. The molecule has 0 aromatic heterocycles. The van der Waals surface area contributed by atoms with E-state index < -0.39 is 5.97 Å². The van der Waals surface area contributed by atoms with Crippen molar-refractivity contribution in [2.45, 2.75) is 58.9 Å². The summed E-state index contributed by atoms with van der Waals surface area (Å²) in [5, 5.41) is 9.05. The van der Waals surface area contributed by atoms with Crippen LogP contribution < -0.4 is 0 Å². The molecule has 1 fully saturated rings. The van der Waals surface area contributed by atoms with Crippen LogP contribution in [-0.4, -0.2) is 35.1 Å². The second kappa shape index (κ2) is 7.57. The fraction of sp³-hybridized carbons (Fsp3) is 0.800. The van der Waals surface area contributed by atoms with Gasteiger partial charge in [0, 0.05) is 24.7 Å². The van der Waals surface area contributed by atoms with Gasteiger partial charge in [-0.05, 0) is 25.2 Å². The Hall–Kier alpha value is -0.830. The van der Waals surface area contributed by atoms with Crippen LogP contribution in [0.15, 0.2) is 11.6 Å². The zero-order chi connectivity index (χ0) is 13.5. The molecule has 0 atom stereocenters. The average Bonchev–Trinajstić information content (AvgIpc) is 2.80. The van der Waals surface area contributed by atoms with E-state index in [2.05, 4.69) is 18.7 Å². The van der Waals surface area contributed by atoms with Gasteiger partial charge in [-0.2, -0.15) is 0 Å². The Morgan fingerprint density at radius 1 is 1.39 bits per heavy atom. The zero-order valence-electron chi connectivity index (χ0n) is 12.0. The molecule has 0 heterocycles. The molecule has 0 radical (unpaired) electrons. The molecule has 1 saturated carbocycles. The van der Waals surface area contributed by atoms with E-state index in [1.807, 2.05) is 13.0 Å². The third-order valence-corrected chi connectivity index (χ3v) is 3.67. The number of carbonyl (C=O) groups is 1. The molecular weight excluding hydrogens is 226 g/mol. The van der Waals surface area contributed by atoms with Crippen molar-refractivity contribution in [1.29, 1.82) is 0 Å². The molecule has 3 nitrogen and oxygen atoms in total. The molecule has 0 bridgehead atoms. The van der Waals surface area contributed by atoms with Gasteiger partial charge in [-0.3, -0.25) is 4.90 Å². The molecule has 0 spiro atoms. The first-order valence-electron chi connectivity index (χ1n) is 7.21. The van der Waals surface area contributed by atoms with Gasteiger partial charge >= 0.3 is 5.97 Å². The third-order valence-electron chi connectivity index (χ3n) is 3.67. The number of carboxylic acid groups (broad SMARTS) is 1. The summed E-state index contributed by atoms with van der Waals surface area (Å²) in [4.78, 5) is 13.5. The Morgan fingerprint density at radius 2 is 2.00 bits per heavy atom.